The third-order valence-electron chi connectivity index (χ3n) is 2.51. The van der Waals surface area contributed by atoms with Gasteiger partial charge in [-0.1, -0.05) is 0 Å². The molecule has 98 valence electrons. The summed E-state index contributed by atoms with van der Waals surface area (Å²) in [6.07, 6.45) is 0.826. The lowest BCUT2D eigenvalue weighted by molar-refractivity contribution is -0.0435. The van der Waals surface area contributed by atoms with Crippen molar-refractivity contribution in [3.63, 3.8) is 0 Å². The number of hydrogen-bond donors (Lipinski definition) is 0. The quantitative estimate of drug-likeness (QED) is 0.754. The van der Waals surface area contributed by atoms with Crippen molar-refractivity contribution in [1.29, 1.82) is 0 Å². The van der Waals surface area contributed by atoms with Crippen molar-refractivity contribution in [3.05, 3.63) is 30.2 Å². The second-order valence-corrected chi connectivity index (χ2v) is 5.62. The molecule has 0 saturated carbocycles. The molecule has 2 rings (SSSR count). The molecule has 0 saturated heterocycles. The van der Waals surface area contributed by atoms with Gasteiger partial charge in [-0.15, -0.1) is 0 Å². The molecule has 1 aromatic carbocycles. The van der Waals surface area contributed by atoms with Crippen LogP contribution in [0.5, 0.6) is 0 Å². The second kappa shape index (κ2) is 3.71. The average Bonchev–Trinajstić information content (AvgIpc) is 2.54. The van der Waals surface area contributed by atoms with Crippen LogP contribution in [0.25, 0.3) is 10.9 Å². The zero-order valence-corrected chi connectivity index (χ0v) is 9.81. The van der Waals surface area contributed by atoms with Crippen molar-refractivity contribution in [2.45, 2.75) is 10.4 Å². The van der Waals surface area contributed by atoms with Crippen molar-refractivity contribution >= 4 is 20.7 Å². The van der Waals surface area contributed by atoms with Gasteiger partial charge in [-0.3, -0.25) is 0 Å². The first kappa shape index (κ1) is 12.9. The number of sulfone groups is 1. The number of halogens is 4. The van der Waals surface area contributed by atoms with Crippen LogP contribution in [-0.4, -0.2) is 18.5 Å². The van der Waals surface area contributed by atoms with Crippen LogP contribution >= 0.6 is 0 Å². The molecular formula is C10H7F4NO2S. The Bertz CT molecular complexity index is 715. The highest BCUT2D eigenvalue weighted by Gasteiger charge is 2.48. The molecule has 0 atom stereocenters. The first-order valence-electron chi connectivity index (χ1n) is 4.70. The molecule has 0 radical (unpaired) electrons. The van der Waals surface area contributed by atoms with E-state index in [9.17, 15) is 26.0 Å². The third kappa shape index (κ3) is 1.76. The Balaban J connectivity index is 2.85. The number of rotatable bonds is 1. The number of hydrogen-bond acceptors (Lipinski definition) is 2. The molecular weight excluding hydrogens is 274 g/mol. The van der Waals surface area contributed by atoms with Crippen molar-refractivity contribution in [2.75, 3.05) is 0 Å². The Morgan fingerprint density at radius 1 is 1.22 bits per heavy atom. The summed E-state index contributed by atoms with van der Waals surface area (Å²) in [6.45, 7) is 0. The fraction of sp³-hybridized carbons (Fsp3) is 0.200. The Morgan fingerprint density at radius 2 is 1.83 bits per heavy atom. The van der Waals surface area contributed by atoms with Crippen molar-refractivity contribution in [3.8, 4) is 0 Å². The van der Waals surface area contributed by atoms with Gasteiger partial charge in [0.05, 0.1) is 0 Å². The molecule has 1 aromatic heterocycles. The molecule has 0 spiro atoms. The molecule has 0 fully saturated rings. The summed E-state index contributed by atoms with van der Waals surface area (Å²) < 4.78 is 74.3. The predicted octanol–water partition coefficient (Wildman–Crippen LogP) is 2.61. The van der Waals surface area contributed by atoms with Gasteiger partial charge in [-0.25, -0.2) is 12.8 Å². The maximum absolute atomic E-state index is 13.0. The summed E-state index contributed by atoms with van der Waals surface area (Å²) in [6, 6.07) is 3.04. The molecule has 0 amide bonds. The number of alkyl halides is 3. The number of aromatic nitrogens is 1. The lowest BCUT2D eigenvalue weighted by Crippen LogP contribution is -2.23. The van der Waals surface area contributed by atoms with E-state index in [0.717, 1.165) is 18.3 Å². The van der Waals surface area contributed by atoms with Gasteiger partial charge >= 0.3 is 5.51 Å². The molecule has 0 aliphatic heterocycles. The summed E-state index contributed by atoms with van der Waals surface area (Å²) >= 11 is 0. The zero-order valence-electron chi connectivity index (χ0n) is 8.99. The molecule has 2 aromatic rings. The average molecular weight is 281 g/mol. The van der Waals surface area contributed by atoms with Crippen molar-refractivity contribution in [1.82, 2.24) is 4.57 Å². The van der Waals surface area contributed by atoms with E-state index in [2.05, 4.69) is 0 Å². The fourth-order valence-corrected chi connectivity index (χ4v) is 2.67. The number of fused-ring (bicyclic) bond motifs is 1. The summed E-state index contributed by atoms with van der Waals surface area (Å²) in [5.74, 6) is -0.799. The molecule has 18 heavy (non-hydrogen) atoms. The molecule has 1 heterocycles. The zero-order chi connectivity index (χ0) is 13.7. The molecule has 0 unspecified atom stereocenters. The highest BCUT2D eigenvalue weighted by molar-refractivity contribution is 7.92. The minimum absolute atomic E-state index is 0.208. The van der Waals surface area contributed by atoms with Crippen LogP contribution in [0, 0.1) is 5.82 Å². The second-order valence-electron chi connectivity index (χ2n) is 3.71. The standard InChI is InChI=1S/C10H7F4NO2S/c1-15-5-9(18(16,17)10(12,13)14)7-4-6(11)2-3-8(7)15/h2-5H,1H3. The molecule has 0 aliphatic rings. The Hall–Kier alpha value is -1.57. The fourth-order valence-electron chi connectivity index (χ4n) is 1.67. The smallest absolute Gasteiger partial charge is 0.349 e. The Kier molecular flexibility index (Phi) is 2.65. The first-order valence-corrected chi connectivity index (χ1v) is 6.19. The number of aryl methyl sites for hydroxylation is 1. The largest absolute Gasteiger partial charge is 0.501 e. The lowest BCUT2D eigenvalue weighted by Gasteiger charge is -2.06. The van der Waals surface area contributed by atoms with Gasteiger partial charge in [0.2, 0.25) is 0 Å². The molecule has 8 heteroatoms. The highest BCUT2D eigenvalue weighted by Crippen LogP contribution is 2.35. The SMILES string of the molecule is Cn1cc(S(=O)(=O)C(F)(F)F)c2cc(F)ccc21. The van der Waals surface area contributed by atoms with E-state index >= 15 is 0 Å². The van der Waals surface area contributed by atoms with Crippen LogP contribution in [-0.2, 0) is 16.9 Å². The van der Waals surface area contributed by atoms with Crippen LogP contribution in [0.15, 0.2) is 29.3 Å². The predicted molar refractivity (Wildman–Crippen MR) is 56.1 cm³/mol. The van der Waals surface area contributed by atoms with Gasteiger partial charge in [-0.05, 0) is 18.2 Å². The summed E-state index contributed by atoms with van der Waals surface area (Å²) in [5, 5.41) is -0.283. The van der Waals surface area contributed by atoms with Crippen LogP contribution < -0.4 is 0 Å². The van der Waals surface area contributed by atoms with Gasteiger partial charge in [0.1, 0.15) is 10.7 Å². The van der Waals surface area contributed by atoms with E-state index < -0.39 is 26.1 Å². The van der Waals surface area contributed by atoms with Gasteiger partial charge in [0.25, 0.3) is 9.84 Å². The lowest BCUT2D eigenvalue weighted by atomic mass is 10.2. The number of benzene rings is 1. The maximum Gasteiger partial charge on any atom is 0.501 e. The Labute approximate surface area is 99.5 Å². The molecule has 3 nitrogen and oxygen atoms in total. The van der Waals surface area contributed by atoms with E-state index in [1.165, 1.54) is 17.7 Å². The first-order chi connectivity index (χ1) is 8.14. The van der Waals surface area contributed by atoms with Crippen LogP contribution in [0.1, 0.15) is 0 Å². The maximum atomic E-state index is 13.0. The summed E-state index contributed by atoms with van der Waals surface area (Å²) in [4.78, 5) is -0.938. The van der Waals surface area contributed by atoms with E-state index in [0.29, 0.717) is 0 Å². The van der Waals surface area contributed by atoms with E-state index in [4.69, 9.17) is 0 Å². The van der Waals surface area contributed by atoms with Gasteiger partial charge in [0.15, 0.2) is 0 Å². The van der Waals surface area contributed by atoms with Gasteiger partial charge in [-0.2, -0.15) is 13.2 Å². The van der Waals surface area contributed by atoms with E-state index in [1.54, 1.807) is 0 Å². The van der Waals surface area contributed by atoms with Crippen molar-refractivity contribution in [2.24, 2.45) is 7.05 Å². The molecule has 0 bridgehead atoms. The molecule has 0 N–H and O–H groups in total. The molecule has 0 aliphatic carbocycles. The monoisotopic (exact) mass is 281 g/mol. The summed E-state index contributed by atoms with van der Waals surface area (Å²) in [5.41, 5.74) is -5.20. The normalized spacial score (nSPS) is 13.2. The highest BCUT2D eigenvalue weighted by atomic mass is 32.2. The Morgan fingerprint density at radius 3 is 2.39 bits per heavy atom. The summed E-state index contributed by atoms with van der Waals surface area (Å²) in [7, 11) is -4.10. The number of nitrogens with zero attached hydrogens (tertiary/aromatic N) is 1. The van der Waals surface area contributed by atoms with E-state index in [-0.39, 0.29) is 10.9 Å². The van der Waals surface area contributed by atoms with Crippen molar-refractivity contribution < 1.29 is 26.0 Å². The minimum atomic E-state index is -5.49. The van der Waals surface area contributed by atoms with Crippen LogP contribution in [0.4, 0.5) is 17.6 Å². The third-order valence-corrected chi connectivity index (χ3v) is 4.02. The van der Waals surface area contributed by atoms with Crippen LogP contribution in [0.3, 0.4) is 0 Å². The van der Waals surface area contributed by atoms with Crippen LogP contribution in [0.2, 0.25) is 0 Å². The minimum Gasteiger partial charge on any atom is -0.349 e. The topological polar surface area (TPSA) is 39.1 Å². The van der Waals surface area contributed by atoms with Gasteiger partial charge < -0.3 is 4.57 Å². The van der Waals surface area contributed by atoms with E-state index in [1.807, 2.05) is 0 Å². The van der Waals surface area contributed by atoms with Gasteiger partial charge in [0, 0.05) is 24.1 Å².